The summed E-state index contributed by atoms with van der Waals surface area (Å²) in [6, 6.07) is 0. The molecular weight excluding hydrogens is 961 g/mol. The summed E-state index contributed by atoms with van der Waals surface area (Å²) in [5, 5.41) is 0. The Hall–Kier alpha value is -4.71. The van der Waals surface area contributed by atoms with E-state index in [1.165, 1.54) is 109 Å². The van der Waals surface area contributed by atoms with E-state index < -0.39 is 12.1 Å². The number of ether oxygens (including phenoxy) is 3. The van der Waals surface area contributed by atoms with Crippen molar-refractivity contribution in [1.29, 1.82) is 0 Å². The third-order valence-electron chi connectivity index (χ3n) is 13.1. The zero-order valence-corrected chi connectivity index (χ0v) is 50.4. The van der Waals surface area contributed by atoms with Crippen molar-refractivity contribution < 1.29 is 28.6 Å². The molecule has 0 spiro atoms. The molecule has 78 heavy (non-hydrogen) atoms. The largest absolute Gasteiger partial charge is 0.462 e. The van der Waals surface area contributed by atoms with E-state index in [4.69, 9.17) is 14.2 Å². The van der Waals surface area contributed by atoms with Gasteiger partial charge < -0.3 is 14.2 Å². The minimum Gasteiger partial charge on any atom is -0.462 e. The zero-order chi connectivity index (χ0) is 56.4. The van der Waals surface area contributed by atoms with Crippen molar-refractivity contribution >= 4 is 17.9 Å². The van der Waals surface area contributed by atoms with Crippen molar-refractivity contribution in [3.05, 3.63) is 146 Å². The van der Waals surface area contributed by atoms with Crippen LogP contribution in [0.5, 0.6) is 0 Å². The van der Waals surface area contributed by atoms with Gasteiger partial charge in [-0.05, 0) is 103 Å². The molecule has 0 heterocycles. The van der Waals surface area contributed by atoms with Gasteiger partial charge in [0.2, 0.25) is 0 Å². The smallest absolute Gasteiger partial charge is 0.309 e. The maximum absolute atomic E-state index is 12.9. The Bertz CT molecular complexity index is 1710. The Morgan fingerprint density at radius 1 is 0.282 bits per heavy atom. The molecule has 6 nitrogen and oxygen atoms in total. The first kappa shape index (κ1) is 73.3. The lowest BCUT2D eigenvalue weighted by molar-refractivity contribution is -0.166. The highest BCUT2D eigenvalue weighted by Gasteiger charge is 2.19. The molecule has 1 unspecified atom stereocenters. The van der Waals surface area contributed by atoms with Crippen LogP contribution in [0.3, 0.4) is 0 Å². The molecule has 0 aromatic heterocycles. The number of allylic oxidation sites excluding steroid dienone is 23. The van der Waals surface area contributed by atoms with Gasteiger partial charge >= 0.3 is 17.9 Å². The molecule has 1 atom stereocenters. The second kappa shape index (κ2) is 64.8. The summed E-state index contributed by atoms with van der Waals surface area (Å²) in [7, 11) is 0. The van der Waals surface area contributed by atoms with Gasteiger partial charge in [0, 0.05) is 12.8 Å². The third-order valence-corrected chi connectivity index (χ3v) is 13.1. The molecule has 0 saturated heterocycles. The Morgan fingerprint density at radius 3 is 0.897 bits per heavy atom. The molecule has 0 aromatic rings. The number of rotatable bonds is 56. The second-order valence-corrected chi connectivity index (χ2v) is 20.6. The van der Waals surface area contributed by atoms with Crippen LogP contribution in [-0.2, 0) is 28.6 Å². The predicted octanol–water partition coefficient (Wildman–Crippen LogP) is 21.9. The minimum absolute atomic E-state index is 0.116. The van der Waals surface area contributed by atoms with Crippen LogP contribution < -0.4 is 0 Å². The first-order valence-corrected chi connectivity index (χ1v) is 31.8. The SMILES string of the molecule is CC/C=C\C/C=C\C/C=C\C/C=C\C/C=C\C/C=C\C/C=C\CCCCCC(=O)OCC(COC(=O)C/C=C\C/C=C\C/C=C\C/C=C\C/C=C\CC)OC(=O)CCCCCCCCCCCCCCCCCCCCCC. The lowest BCUT2D eigenvalue weighted by Crippen LogP contribution is -2.30. The maximum Gasteiger partial charge on any atom is 0.309 e. The van der Waals surface area contributed by atoms with Gasteiger partial charge in [-0.25, -0.2) is 0 Å². The van der Waals surface area contributed by atoms with E-state index in [1.807, 2.05) is 6.08 Å². The number of carbonyl (C=O) groups excluding carboxylic acids is 3. The summed E-state index contributed by atoms with van der Waals surface area (Å²) >= 11 is 0. The highest BCUT2D eigenvalue weighted by Crippen LogP contribution is 2.16. The van der Waals surface area contributed by atoms with Gasteiger partial charge in [-0.3, -0.25) is 14.4 Å². The zero-order valence-electron chi connectivity index (χ0n) is 50.4. The molecule has 0 amide bonds. The molecule has 440 valence electrons. The van der Waals surface area contributed by atoms with Gasteiger partial charge in [0.1, 0.15) is 13.2 Å². The first-order valence-electron chi connectivity index (χ1n) is 31.8. The molecule has 0 bridgehead atoms. The molecule has 0 aromatic carbocycles. The van der Waals surface area contributed by atoms with Crippen molar-refractivity contribution in [2.24, 2.45) is 0 Å². The fourth-order valence-electron chi connectivity index (χ4n) is 8.44. The van der Waals surface area contributed by atoms with Crippen LogP contribution in [0.1, 0.15) is 271 Å². The van der Waals surface area contributed by atoms with Gasteiger partial charge in [-0.1, -0.05) is 295 Å². The lowest BCUT2D eigenvalue weighted by atomic mass is 10.0. The standard InChI is InChI=1S/C72H116O6/c1-4-7-10-13-16-19-22-25-28-30-32-34-35-36-37-38-40-41-44-47-50-53-56-59-62-65-71(74)77-68-69(67-76-70(73)64-61-58-55-52-49-46-43-27-24-21-18-15-12-9-6-3)78-72(75)66-63-60-57-54-51-48-45-42-39-33-31-29-26-23-20-17-14-11-8-5-2/h7,9-10,12,16,18-19,21,25,27-28,32,34,36-37,40-41,43,47,49-50,52,58,61,69H,4-6,8,11,13-15,17,20,22-24,26,29-31,33,35,38-39,42,44-46,48,51,53-57,59-60,62-68H2,1-3H3/b10-7-,12-9-,19-16-,21-18-,28-25-,34-32-,37-36-,41-40-,43-27-,50-47-,52-49-,61-58-. The molecule has 0 aliphatic rings. The van der Waals surface area contributed by atoms with Crippen LogP contribution in [0.25, 0.3) is 0 Å². The van der Waals surface area contributed by atoms with Crippen molar-refractivity contribution in [3.8, 4) is 0 Å². The predicted molar refractivity (Wildman–Crippen MR) is 339 cm³/mol. The van der Waals surface area contributed by atoms with Gasteiger partial charge in [0.05, 0.1) is 6.42 Å². The van der Waals surface area contributed by atoms with E-state index in [2.05, 4.69) is 154 Å². The van der Waals surface area contributed by atoms with Crippen LogP contribution >= 0.6 is 0 Å². The topological polar surface area (TPSA) is 78.9 Å². The van der Waals surface area contributed by atoms with Crippen LogP contribution in [0.15, 0.2) is 146 Å². The van der Waals surface area contributed by atoms with E-state index in [0.29, 0.717) is 12.8 Å². The van der Waals surface area contributed by atoms with Crippen molar-refractivity contribution in [2.45, 2.75) is 277 Å². The number of unbranched alkanes of at least 4 members (excludes halogenated alkanes) is 22. The van der Waals surface area contributed by atoms with E-state index in [9.17, 15) is 14.4 Å². The van der Waals surface area contributed by atoms with Gasteiger partial charge in [0.25, 0.3) is 0 Å². The Kier molecular flexibility index (Phi) is 60.9. The van der Waals surface area contributed by atoms with Crippen LogP contribution in [0, 0.1) is 0 Å². The first-order chi connectivity index (χ1) is 38.5. The fraction of sp³-hybridized carbons (Fsp3) is 0.625. The molecule has 0 rings (SSSR count). The molecule has 0 radical (unpaired) electrons. The monoisotopic (exact) mass is 1080 g/mol. The summed E-state index contributed by atoms with van der Waals surface area (Å²) < 4.78 is 16.8. The summed E-state index contributed by atoms with van der Waals surface area (Å²) in [4.78, 5) is 38.2. The molecule has 0 aliphatic carbocycles. The molecule has 0 saturated carbocycles. The Balaban J connectivity index is 4.51. The average molecular weight is 1080 g/mol. The average Bonchev–Trinajstić information content (AvgIpc) is 3.44. The molecule has 0 fully saturated rings. The number of esters is 3. The summed E-state index contributed by atoms with van der Waals surface area (Å²) in [5.74, 6) is -1.09. The van der Waals surface area contributed by atoms with E-state index in [-0.39, 0.29) is 31.6 Å². The van der Waals surface area contributed by atoms with Crippen molar-refractivity contribution in [2.75, 3.05) is 13.2 Å². The Morgan fingerprint density at radius 2 is 0.551 bits per heavy atom. The summed E-state index contributed by atoms with van der Waals surface area (Å²) in [5.41, 5.74) is 0. The van der Waals surface area contributed by atoms with Crippen LogP contribution in [0.4, 0.5) is 0 Å². The fourth-order valence-corrected chi connectivity index (χ4v) is 8.44. The number of hydrogen-bond donors (Lipinski definition) is 0. The normalized spacial score (nSPS) is 13.1. The van der Waals surface area contributed by atoms with Crippen LogP contribution in [0.2, 0.25) is 0 Å². The molecule has 6 heteroatoms. The minimum atomic E-state index is -0.838. The van der Waals surface area contributed by atoms with Gasteiger partial charge in [-0.2, -0.15) is 0 Å². The second-order valence-electron chi connectivity index (χ2n) is 20.6. The quantitative estimate of drug-likeness (QED) is 0.0261. The van der Waals surface area contributed by atoms with E-state index in [0.717, 1.165) is 122 Å². The Labute approximate surface area is 480 Å². The van der Waals surface area contributed by atoms with Crippen molar-refractivity contribution in [1.82, 2.24) is 0 Å². The van der Waals surface area contributed by atoms with Crippen LogP contribution in [-0.4, -0.2) is 37.2 Å². The number of carbonyl (C=O) groups is 3. The summed E-state index contributed by atoms with van der Waals surface area (Å²) in [6.07, 6.45) is 93.1. The molecular formula is C72H116O6. The maximum atomic E-state index is 12.9. The molecule has 0 aliphatic heterocycles. The highest BCUT2D eigenvalue weighted by molar-refractivity contribution is 5.72. The summed E-state index contributed by atoms with van der Waals surface area (Å²) in [6.45, 7) is 6.31. The van der Waals surface area contributed by atoms with Crippen molar-refractivity contribution in [3.63, 3.8) is 0 Å². The van der Waals surface area contributed by atoms with E-state index in [1.54, 1.807) is 6.08 Å². The van der Waals surface area contributed by atoms with Gasteiger partial charge in [-0.15, -0.1) is 0 Å². The number of hydrogen-bond acceptors (Lipinski definition) is 6. The van der Waals surface area contributed by atoms with E-state index >= 15 is 0 Å². The van der Waals surface area contributed by atoms with Gasteiger partial charge in [0.15, 0.2) is 6.10 Å². The highest BCUT2D eigenvalue weighted by atomic mass is 16.6. The molecule has 0 N–H and O–H groups in total. The lowest BCUT2D eigenvalue weighted by Gasteiger charge is -2.18. The third kappa shape index (κ3) is 62.1.